The van der Waals surface area contributed by atoms with Gasteiger partial charge in [0, 0.05) is 35.1 Å². The van der Waals surface area contributed by atoms with Crippen LogP contribution >= 0.6 is 23.2 Å². The molecular weight excluding hydrogens is 569 g/mol. The highest BCUT2D eigenvalue weighted by Crippen LogP contribution is 2.37. The Morgan fingerprint density at radius 2 is 1.85 bits per heavy atom. The van der Waals surface area contributed by atoms with Gasteiger partial charge in [0.15, 0.2) is 9.84 Å². The summed E-state index contributed by atoms with van der Waals surface area (Å²) in [4.78, 5) is 27.0. The molecule has 1 aliphatic heterocycles. The van der Waals surface area contributed by atoms with Gasteiger partial charge in [-0.15, -0.1) is 0 Å². The molecule has 2 aromatic carbocycles. The fraction of sp³-hybridized carbons (Fsp3) is 0.483. The van der Waals surface area contributed by atoms with E-state index in [-0.39, 0.29) is 29.7 Å². The van der Waals surface area contributed by atoms with Crippen LogP contribution in [0.15, 0.2) is 53.7 Å². The molecule has 2 aliphatic rings. The van der Waals surface area contributed by atoms with Crippen molar-refractivity contribution in [3.8, 4) is 0 Å². The maximum absolute atomic E-state index is 13.8. The van der Waals surface area contributed by atoms with E-state index in [1.54, 1.807) is 36.4 Å². The summed E-state index contributed by atoms with van der Waals surface area (Å²) in [6.45, 7) is 4.86. The number of halogens is 2. The maximum atomic E-state index is 13.8. The van der Waals surface area contributed by atoms with E-state index in [0.717, 1.165) is 19.3 Å². The number of hydrogen-bond acceptors (Lipinski definition) is 7. The number of nitrogens with zero attached hydrogens (tertiary/aromatic N) is 4. The topological polar surface area (TPSA) is 95.5 Å². The average molecular weight is 605 g/mol. The lowest BCUT2D eigenvalue weighted by Gasteiger charge is -2.44. The Kier molecular flexibility index (Phi) is 8.57. The minimum atomic E-state index is -3.52. The predicted octanol–water partition coefficient (Wildman–Crippen LogP) is 5.30. The summed E-state index contributed by atoms with van der Waals surface area (Å²) in [5, 5.41) is 4.82. The van der Waals surface area contributed by atoms with E-state index in [2.05, 4.69) is 41.1 Å². The highest BCUT2D eigenvalue weighted by Gasteiger charge is 2.44. The SMILES string of the molecule is CC(C)N(C)[C@@H]1CC[C@H](N2CC[C@H](Nc3ncnc4c(Cl)cc(Cl)cc34)C2=O)[C@@H](CS(=O)(=O)c2ccccc2)C1. The third kappa shape index (κ3) is 5.93. The normalized spacial score (nSPS) is 23.9. The lowest BCUT2D eigenvalue weighted by molar-refractivity contribution is -0.132. The van der Waals surface area contributed by atoms with Crippen LogP contribution in [0.2, 0.25) is 10.0 Å². The summed E-state index contributed by atoms with van der Waals surface area (Å²) >= 11 is 12.6. The summed E-state index contributed by atoms with van der Waals surface area (Å²) in [6, 6.07) is 11.9. The van der Waals surface area contributed by atoms with Crippen molar-refractivity contribution in [2.75, 3.05) is 24.7 Å². The molecule has 5 rings (SSSR count). The van der Waals surface area contributed by atoms with Crippen molar-refractivity contribution >= 4 is 55.7 Å². The van der Waals surface area contributed by atoms with Crippen LogP contribution in [0, 0.1) is 5.92 Å². The minimum Gasteiger partial charge on any atom is -0.358 e. The van der Waals surface area contributed by atoms with Crippen LogP contribution in [0.4, 0.5) is 5.82 Å². The van der Waals surface area contributed by atoms with Crippen LogP contribution in [0.5, 0.6) is 0 Å². The van der Waals surface area contributed by atoms with Gasteiger partial charge in [0.25, 0.3) is 0 Å². The molecule has 2 fully saturated rings. The van der Waals surface area contributed by atoms with Gasteiger partial charge >= 0.3 is 0 Å². The van der Waals surface area contributed by atoms with Gasteiger partial charge in [-0.1, -0.05) is 41.4 Å². The quantitative estimate of drug-likeness (QED) is 0.373. The fourth-order valence-corrected chi connectivity index (χ4v) is 8.38. The largest absolute Gasteiger partial charge is 0.358 e. The van der Waals surface area contributed by atoms with Crippen LogP contribution in [0.3, 0.4) is 0 Å². The Morgan fingerprint density at radius 1 is 1.10 bits per heavy atom. The molecule has 8 nitrogen and oxygen atoms in total. The molecule has 3 aromatic rings. The van der Waals surface area contributed by atoms with Crippen molar-refractivity contribution in [2.45, 2.75) is 68.6 Å². The van der Waals surface area contributed by atoms with E-state index < -0.39 is 15.9 Å². The Morgan fingerprint density at radius 3 is 2.58 bits per heavy atom. The van der Waals surface area contributed by atoms with Crippen molar-refractivity contribution in [3.63, 3.8) is 0 Å². The van der Waals surface area contributed by atoms with Gasteiger partial charge in [0.1, 0.15) is 18.2 Å². The van der Waals surface area contributed by atoms with Crippen molar-refractivity contribution in [1.29, 1.82) is 0 Å². The Balaban J connectivity index is 1.38. The van der Waals surface area contributed by atoms with Crippen LogP contribution in [0.1, 0.15) is 39.5 Å². The molecule has 214 valence electrons. The highest BCUT2D eigenvalue weighted by molar-refractivity contribution is 7.91. The molecule has 1 aliphatic carbocycles. The first-order valence-electron chi connectivity index (χ1n) is 13.7. The summed E-state index contributed by atoms with van der Waals surface area (Å²) in [5.74, 6) is 0.299. The molecule has 2 heterocycles. The van der Waals surface area contributed by atoms with Crippen LogP contribution in [0.25, 0.3) is 10.9 Å². The third-order valence-electron chi connectivity index (χ3n) is 8.45. The molecule has 11 heteroatoms. The number of rotatable bonds is 8. The fourth-order valence-electron chi connectivity index (χ4n) is 6.15. The van der Waals surface area contributed by atoms with E-state index >= 15 is 0 Å². The number of aromatic nitrogens is 2. The first-order valence-corrected chi connectivity index (χ1v) is 16.1. The number of fused-ring (bicyclic) bond motifs is 1. The van der Waals surface area contributed by atoms with Crippen molar-refractivity contribution in [2.24, 2.45) is 5.92 Å². The van der Waals surface area contributed by atoms with Gasteiger partial charge in [-0.25, -0.2) is 18.4 Å². The lowest BCUT2D eigenvalue weighted by Crippen LogP contribution is -2.52. The molecule has 1 N–H and O–H groups in total. The van der Waals surface area contributed by atoms with Crippen LogP contribution < -0.4 is 5.32 Å². The van der Waals surface area contributed by atoms with E-state index in [1.165, 1.54) is 6.33 Å². The van der Waals surface area contributed by atoms with Gasteiger partial charge < -0.3 is 15.1 Å². The average Bonchev–Trinajstić information content (AvgIpc) is 3.28. The molecular formula is C29H35Cl2N5O3S. The number of nitrogens with one attached hydrogen (secondary N) is 1. The van der Waals surface area contributed by atoms with E-state index in [1.807, 2.05) is 11.0 Å². The molecule has 1 amide bonds. The zero-order valence-electron chi connectivity index (χ0n) is 22.9. The number of carbonyl (C=O) groups excluding carboxylic acids is 1. The van der Waals surface area contributed by atoms with E-state index in [4.69, 9.17) is 23.2 Å². The number of likely N-dealkylation sites (tertiary alicyclic amines) is 1. The number of benzene rings is 2. The van der Waals surface area contributed by atoms with Gasteiger partial charge in [-0.2, -0.15) is 0 Å². The smallest absolute Gasteiger partial charge is 0.245 e. The molecule has 1 aromatic heterocycles. The van der Waals surface area contributed by atoms with Crippen molar-refractivity contribution in [1.82, 2.24) is 19.8 Å². The number of hydrogen-bond donors (Lipinski definition) is 1. The lowest BCUT2D eigenvalue weighted by atomic mass is 9.81. The monoisotopic (exact) mass is 603 g/mol. The number of carbonyl (C=O) groups is 1. The Labute approximate surface area is 246 Å². The first-order chi connectivity index (χ1) is 19.0. The van der Waals surface area contributed by atoms with Crippen LogP contribution in [-0.2, 0) is 14.6 Å². The molecule has 40 heavy (non-hydrogen) atoms. The Bertz CT molecular complexity index is 1490. The standard InChI is InChI=1S/C29H35Cl2N5O3S/c1-18(2)35(3)21-9-10-26(19(13-21)16-40(38,39)22-7-5-4-6-8-22)36-12-11-25(29(36)37)34-28-23-14-20(30)15-24(31)27(23)32-17-33-28/h4-8,14-15,17-19,21,25-26H,9-13,16H2,1-3H3,(H,32,33,34)/t19-,21-,25+,26+/m1/s1. The molecule has 1 saturated heterocycles. The molecule has 4 atom stereocenters. The summed E-state index contributed by atoms with van der Waals surface area (Å²) in [6.07, 6.45) is 4.40. The predicted molar refractivity (Wildman–Crippen MR) is 160 cm³/mol. The van der Waals surface area contributed by atoms with Crippen molar-refractivity contribution in [3.05, 3.63) is 58.8 Å². The number of sulfone groups is 1. The molecule has 1 saturated carbocycles. The minimum absolute atomic E-state index is 0.0134. The second-order valence-electron chi connectivity index (χ2n) is 11.2. The molecule has 0 bridgehead atoms. The van der Waals surface area contributed by atoms with Gasteiger partial charge in [0.2, 0.25) is 5.91 Å². The maximum Gasteiger partial charge on any atom is 0.245 e. The third-order valence-corrected chi connectivity index (χ3v) is 10.8. The summed E-state index contributed by atoms with van der Waals surface area (Å²) in [5.41, 5.74) is 0.560. The Hall–Kier alpha value is -2.46. The molecule has 0 spiro atoms. The zero-order chi connectivity index (χ0) is 28.6. The van der Waals surface area contributed by atoms with Gasteiger partial charge in [-0.3, -0.25) is 4.79 Å². The van der Waals surface area contributed by atoms with Crippen LogP contribution in [-0.4, -0.2) is 77.6 Å². The number of amides is 1. The van der Waals surface area contributed by atoms with Gasteiger partial charge in [0.05, 0.1) is 21.2 Å². The molecule has 0 radical (unpaired) electrons. The second kappa shape index (κ2) is 11.8. The summed E-state index contributed by atoms with van der Waals surface area (Å²) in [7, 11) is -1.42. The van der Waals surface area contributed by atoms with Gasteiger partial charge in [-0.05, 0) is 76.8 Å². The highest BCUT2D eigenvalue weighted by atomic mass is 35.5. The summed E-state index contributed by atoms with van der Waals surface area (Å²) < 4.78 is 26.9. The zero-order valence-corrected chi connectivity index (χ0v) is 25.3. The first kappa shape index (κ1) is 29.0. The molecule has 0 unspecified atom stereocenters. The second-order valence-corrected chi connectivity index (χ2v) is 14.0. The number of anilines is 1. The van der Waals surface area contributed by atoms with E-state index in [0.29, 0.717) is 50.7 Å². The van der Waals surface area contributed by atoms with E-state index in [9.17, 15) is 13.2 Å². The van der Waals surface area contributed by atoms with Crippen molar-refractivity contribution < 1.29 is 13.2 Å².